The first-order valence-corrected chi connectivity index (χ1v) is 9.65. The lowest BCUT2D eigenvalue weighted by Gasteiger charge is -2.22. The SMILES string of the molecule is COC(=O)c1cccc(N(CC(=O)Nc2cccc(Cl)c2)S(C)(=O)=O)c1. The van der Waals surface area contributed by atoms with E-state index in [0.29, 0.717) is 10.7 Å². The Morgan fingerprint density at radius 1 is 1.15 bits per heavy atom. The van der Waals surface area contributed by atoms with Gasteiger partial charge < -0.3 is 10.1 Å². The number of methoxy groups -OCH3 is 1. The highest BCUT2D eigenvalue weighted by atomic mass is 35.5. The first-order chi connectivity index (χ1) is 12.2. The number of anilines is 2. The van der Waals surface area contributed by atoms with Crippen LogP contribution in [0.1, 0.15) is 10.4 Å². The summed E-state index contributed by atoms with van der Waals surface area (Å²) in [7, 11) is -2.54. The maximum absolute atomic E-state index is 12.3. The molecule has 0 bridgehead atoms. The number of hydrogen-bond acceptors (Lipinski definition) is 5. The van der Waals surface area contributed by atoms with Gasteiger partial charge in [-0.1, -0.05) is 23.7 Å². The summed E-state index contributed by atoms with van der Waals surface area (Å²) in [5, 5.41) is 3.02. The van der Waals surface area contributed by atoms with E-state index in [0.717, 1.165) is 10.6 Å². The highest BCUT2D eigenvalue weighted by Crippen LogP contribution is 2.20. The van der Waals surface area contributed by atoms with Crippen LogP contribution in [0.2, 0.25) is 5.02 Å². The Bertz CT molecular complexity index is 930. The predicted octanol–water partition coefficient (Wildman–Crippen LogP) is 2.53. The number of benzene rings is 2. The van der Waals surface area contributed by atoms with Crippen LogP contribution >= 0.6 is 11.6 Å². The number of rotatable bonds is 6. The Morgan fingerprint density at radius 2 is 1.85 bits per heavy atom. The quantitative estimate of drug-likeness (QED) is 0.757. The van der Waals surface area contributed by atoms with Gasteiger partial charge in [0, 0.05) is 10.7 Å². The van der Waals surface area contributed by atoms with E-state index in [1.54, 1.807) is 24.3 Å². The summed E-state index contributed by atoms with van der Waals surface area (Å²) in [6.45, 7) is -0.462. The summed E-state index contributed by atoms with van der Waals surface area (Å²) in [5.41, 5.74) is 0.796. The molecule has 0 aliphatic heterocycles. The number of carbonyl (C=O) groups is 2. The zero-order valence-electron chi connectivity index (χ0n) is 14.1. The fourth-order valence-corrected chi connectivity index (χ4v) is 3.24. The van der Waals surface area contributed by atoms with Gasteiger partial charge in [0.1, 0.15) is 6.54 Å². The number of hydrogen-bond donors (Lipinski definition) is 1. The minimum Gasteiger partial charge on any atom is -0.465 e. The van der Waals surface area contributed by atoms with Gasteiger partial charge in [0.15, 0.2) is 0 Å². The van der Waals surface area contributed by atoms with Crippen molar-refractivity contribution in [1.29, 1.82) is 0 Å². The molecule has 0 saturated heterocycles. The number of sulfonamides is 1. The van der Waals surface area contributed by atoms with Crippen LogP contribution in [0.4, 0.5) is 11.4 Å². The molecule has 2 rings (SSSR count). The molecule has 0 aliphatic rings. The molecule has 9 heteroatoms. The first-order valence-electron chi connectivity index (χ1n) is 7.42. The smallest absolute Gasteiger partial charge is 0.337 e. The normalized spacial score (nSPS) is 10.9. The van der Waals surface area contributed by atoms with Gasteiger partial charge in [0.2, 0.25) is 15.9 Å². The predicted molar refractivity (Wildman–Crippen MR) is 100 cm³/mol. The Balaban J connectivity index is 2.26. The molecule has 0 atom stereocenters. The van der Waals surface area contributed by atoms with Crippen LogP contribution in [0.3, 0.4) is 0 Å². The monoisotopic (exact) mass is 396 g/mol. The molecule has 2 aromatic carbocycles. The molecule has 0 heterocycles. The van der Waals surface area contributed by atoms with Crippen LogP contribution in [0.15, 0.2) is 48.5 Å². The second-order valence-electron chi connectivity index (χ2n) is 5.37. The summed E-state index contributed by atoms with van der Waals surface area (Å²) in [6.07, 6.45) is 0.977. The largest absolute Gasteiger partial charge is 0.465 e. The number of nitrogens with zero attached hydrogens (tertiary/aromatic N) is 1. The lowest BCUT2D eigenvalue weighted by molar-refractivity contribution is -0.114. The highest BCUT2D eigenvalue weighted by molar-refractivity contribution is 7.92. The number of carbonyl (C=O) groups excluding carboxylic acids is 2. The molecule has 26 heavy (non-hydrogen) atoms. The molecule has 1 amide bonds. The van der Waals surface area contributed by atoms with Crippen molar-refractivity contribution in [2.24, 2.45) is 0 Å². The summed E-state index contributed by atoms with van der Waals surface area (Å²) < 4.78 is 29.8. The van der Waals surface area contributed by atoms with Gasteiger partial charge >= 0.3 is 5.97 Å². The summed E-state index contributed by atoms with van der Waals surface area (Å²) >= 11 is 5.86. The van der Waals surface area contributed by atoms with Gasteiger partial charge in [0.05, 0.1) is 24.6 Å². The molecule has 2 aromatic rings. The average Bonchev–Trinajstić information content (AvgIpc) is 2.58. The van der Waals surface area contributed by atoms with Crippen LogP contribution in [-0.2, 0) is 19.6 Å². The van der Waals surface area contributed by atoms with Crippen molar-refractivity contribution in [2.75, 3.05) is 29.5 Å². The minimum atomic E-state index is -3.77. The molecule has 0 spiro atoms. The van der Waals surface area contributed by atoms with Crippen molar-refractivity contribution in [3.8, 4) is 0 Å². The Kier molecular flexibility index (Phi) is 6.23. The van der Waals surface area contributed by atoms with E-state index in [2.05, 4.69) is 10.1 Å². The molecule has 138 valence electrons. The van der Waals surface area contributed by atoms with Gasteiger partial charge in [0.25, 0.3) is 0 Å². The molecule has 1 N–H and O–H groups in total. The van der Waals surface area contributed by atoms with Crippen molar-refractivity contribution < 1.29 is 22.7 Å². The van der Waals surface area contributed by atoms with E-state index in [1.165, 1.54) is 31.4 Å². The molecule has 0 aromatic heterocycles. The van der Waals surface area contributed by atoms with E-state index in [4.69, 9.17) is 11.6 Å². The summed E-state index contributed by atoms with van der Waals surface area (Å²) in [5.74, 6) is -1.16. The van der Waals surface area contributed by atoms with Crippen molar-refractivity contribution in [1.82, 2.24) is 0 Å². The van der Waals surface area contributed by atoms with E-state index in [9.17, 15) is 18.0 Å². The van der Waals surface area contributed by atoms with Crippen LogP contribution in [-0.4, -0.2) is 40.2 Å². The van der Waals surface area contributed by atoms with E-state index in [1.807, 2.05) is 0 Å². The maximum atomic E-state index is 12.3. The van der Waals surface area contributed by atoms with Gasteiger partial charge in [-0.2, -0.15) is 0 Å². The van der Waals surface area contributed by atoms with Crippen LogP contribution in [0.5, 0.6) is 0 Å². The summed E-state index contributed by atoms with van der Waals surface area (Å²) in [6, 6.07) is 12.3. The third-order valence-electron chi connectivity index (χ3n) is 3.35. The molecule has 7 nitrogen and oxygen atoms in total. The van der Waals surface area contributed by atoms with Gasteiger partial charge in [-0.25, -0.2) is 13.2 Å². The molecule has 0 saturated carbocycles. The van der Waals surface area contributed by atoms with Crippen LogP contribution in [0, 0.1) is 0 Å². The Hall–Kier alpha value is -2.58. The fourth-order valence-electron chi connectivity index (χ4n) is 2.20. The lowest BCUT2D eigenvalue weighted by Crippen LogP contribution is -2.37. The molecular formula is C17H17ClN2O5S. The Morgan fingerprint density at radius 3 is 2.46 bits per heavy atom. The van der Waals surface area contributed by atoms with Crippen molar-refractivity contribution >= 4 is 44.9 Å². The third kappa shape index (κ3) is 5.21. The van der Waals surface area contributed by atoms with Crippen molar-refractivity contribution in [3.05, 3.63) is 59.1 Å². The maximum Gasteiger partial charge on any atom is 0.337 e. The van der Waals surface area contributed by atoms with Crippen molar-refractivity contribution in [2.45, 2.75) is 0 Å². The molecule has 0 aliphatic carbocycles. The fraction of sp³-hybridized carbons (Fsp3) is 0.176. The number of amides is 1. The Labute approximate surface area is 156 Å². The number of esters is 1. The lowest BCUT2D eigenvalue weighted by atomic mass is 10.2. The second-order valence-corrected chi connectivity index (χ2v) is 7.71. The second kappa shape index (κ2) is 8.20. The van der Waals surface area contributed by atoms with Crippen LogP contribution < -0.4 is 9.62 Å². The number of ether oxygens (including phenoxy) is 1. The van der Waals surface area contributed by atoms with Crippen LogP contribution in [0.25, 0.3) is 0 Å². The molecule has 0 unspecified atom stereocenters. The zero-order chi connectivity index (χ0) is 19.3. The van der Waals surface area contributed by atoms with Gasteiger partial charge in [-0.15, -0.1) is 0 Å². The van der Waals surface area contributed by atoms with E-state index in [-0.39, 0.29) is 11.3 Å². The molecule has 0 fully saturated rings. The highest BCUT2D eigenvalue weighted by Gasteiger charge is 2.22. The topological polar surface area (TPSA) is 92.8 Å². The van der Waals surface area contributed by atoms with Crippen molar-refractivity contribution in [3.63, 3.8) is 0 Å². The molecule has 0 radical (unpaired) electrons. The van der Waals surface area contributed by atoms with Gasteiger partial charge in [-0.05, 0) is 36.4 Å². The van der Waals surface area contributed by atoms with Gasteiger partial charge in [-0.3, -0.25) is 9.10 Å². The third-order valence-corrected chi connectivity index (χ3v) is 4.73. The molecular weight excluding hydrogens is 380 g/mol. The zero-order valence-corrected chi connectivity index (χ0v) is 15.7. The number of halogens is 1. The van der Waals surface area contributed by atoms with E-state index >= 15 is 0 Å². The first kappa shape index (κ1) is 19.7. The average molecular weight is 397 g/mol. The standard InChI is InChI=1S/C17H17ClN2O5S/c1-25-17(22)12-5-3-8-15(9-12)20(26(2,23)24)11-16(21)19-14-7-4-6-13(18)10-14/h3-10H,11H2,1-2H3,(H,19,21). The summed E-state index contributed by atoms with van der Waals surface area (Å²) in [4.78, 5) is 23.9. The number of nitrogens with one attached hydrogen (secondary N) is 1. The van der Waals surface area contributed by atoms with E-state index < -0.39 is 28.4 Å². The minimum absolute atomic E-state index is 0.175.